The van der Waals surface area contributed by atoms with E-state index < -0.39 is 0 Å². The molecule has 1 fully saturated rings. The van der Waals surface area contributed by atoms with Crippen LogP contribution in [0.3, 0.4) is 0 Å². The third-order valence-corrected chi connectivity index (χ3v) is 3.32. The molecule has 0 bridgehead atoms. The number of nitrogen functional groups attached to an aromatic ring is 1. The monoisotopic (exact) mass is 248 g/mol. The van der Waals surface area contributed by atoms with Crippen LogP contribution in [0.5, 0.6) is 5.75 Å². The Hall–Kier alpha value is -1.71. The highest BCUT2D eigenvalue weighted by Crippen LogP contribution is 2.44. The number of ether oxygens (including phenoxy) is 1. The number of hydrogen-bond acceptors (Lipinski definition) is 3. The molecule has 3 N–H and O–H groups in total. The minimum atomic E-state index is -0.0844. The van der Waals surface area contributed by atoms with Gasteiger partial charge in [-0.2, -0.15) is 0 Å². The zero-order valence-corrected chi connectivity index (χ0v) is 11.1. The Kier molecular flexibility index (Phi) is 3.20. The van der Waals surface area contributed by atoms with E-state index in [1.807, 2.05) is 6.92 Å². The highest BCUT2D eigenvalue weighted by molar-refractivity contribution is 5.96. The van der Waals surface area contributed by atoms with Crippen LogP contribution in [0.4, 0.5) is 5.69 Å². The third kappa shape index (κ3) is 2.75. The highest BCUT2D eigenvalue weighted by atomic mass is 16.5. The maximum Gasteiger partial charge on any atom is 0.251 e. The number of nitrogens with two attached hydrogens (primary N) is 1. The number of benzene rings is 1. The summed E-state index contributed by atoms with van der Waals surface area (Å²) in [6.07, 6.45) is 1.03. The first-order valence-electron chi connectivity index (χ1n) is 6.26. The van der Waals surface area contributed by atoms with Crippen LogP contribution in [0.1, 0.15) is 37.6 Å². The molecule has 1 aromatic rings. The van der Waals surface area contributed by atoms with Gasteiger partial charge in [-0.1, -0.05) is 13.8 Å². The quantitative estimate of drug-likeness (QED) is 0.803. The molecule has 4 heteroatoms. The molecule has 1 atom stereocenters. The first kappa shape index (κ1) is 12.7. The Balaban J connectivity index is 2.10. The summed E-state index contributed by atoms with van der Waals surface area (Å²) in [7, 11) is 0. The normalized spacial score (nSPS) is 20.3. The van der Waals surface area contributed by atoms with Crippen molar-refractivity contribution in [3.63, 3.8) is 0 Å². The van der Waals surface area contributed by atoms with E-state index in [1.165, 1.54) is 0 Å². The lowest BCUT2D eigenvalue weighted by Gasteiger charge is -2.10. The Morgan fingerprint density at radius 1 is 1.50 bits per heavy atom. The van der Waals surface area contributed by atoms with Crippen LogP contribution in [0.15, 0.2) is 18.2 Å². The summed E-state index contributed by atoms with van der Waals surface area (Å²) in [5.41, 5.74) is 7.09. The zero-order chi connectivity index (χ0) is 13.3. The molecule has 2 rings (SSSR count). The van der Waals surface area contributed by atoms with E-state index in [1.54, 1.807) is 18.2 Å². The molecule has 0 radical (unpaired) electrons. The van der Waals surface area contributed by atoms with Gasteiger partial charge in [0.15, 0.2) is 0 Å². The minimum absolute atomic E-state index is 0.0844. The topological polar surface area (TPSA) is 64.3 Å². The van der Waals surface area contributed by atoms with E-state index in [9.17, 15) is 4.79 Å². The van der Waals surface area contributed by atoms with Crippen molar-refractivity contribution >= 4 is 11.6 Å². The second-order valence-corrected chi connectivity index (χ2v) is 5.44. The number of anilines is 1. The summed E-state index contributed by atoms with van der Waals surface area (Å²) in [5, 5.41) is 3.01. The van der Waals surface area contributed by atoms with E-state index in [4.69, 9.17) is 10.5 Å². The molecule has 0 heterocycles. The molecular formula is C14H20N2O2. The fourth-order valence-corrected chi connectivity index (χ4v) is 1.96. The lowest BCUT2D eigenvalue weighted by Crippen LogP contribution is -2.28. The molecule has 1 aliphatic carbocycles. The van der Waals surface area contributed by atoms with Crippen molar-refractivity contribution < 1.29 is 9.53 Å². The molecular weight excluding hydrogens is 228 g/mol. The summed E-state index contributed by atoms with van der Waals surface area (Å²) >= 11 is 0. The van der Waals surface area contributed by atoms with Gasteiger partial charge in [-0.05, 0) is 30.9 Å². The number of amides is 1. The third-order valence-electron chi connectivity index (χ3n) is 3.32. The van der Waals surface area contributed by atoms with E-state index >= 15 is 0 Å². The molecule has 0 spiro atoms. The van der Waals surface area contributed by atoms with Gasteiger partial charge < -0.3 is 15.8 Å². The minimum Gasteiger partial charge on any atom is -0.494 e. The Morgan fingerprint density at radius 2 is 2.17 bits per heavy atom. The number of carbonyl (C=O) groups excluding carboxylic acids is 1. The summed E-state index contributed by atoms with van der Waals surface area (Å²) in [4.78, 5) is 12.1. The predicted octanol–water partition coefficient (Wildman–Crippen LogP) is 2.20. The zero-order valence-electron chi connectivity index (χ0n) is 11.1. The molecule has 4 nitrogen and oxygen atoms in total. The molecule has 1 aromatic carbocycles. The van der Waals surface area contributed by atoms with Gasteiger partial charge in [0.25, 0.3) is 5.91 Å². The highest BCUT2D eigenvalue weighted by Gasteiger charge is 2.46. The Labute approximate surface area is 108 Å². The van der Waals surface area contributed by atoms with E-state index in [-0.39, 0.29) is 17.4 Å². The molecule has 18 heavy (non-hydrogen) atoms. The number of rotatable bonds is 4. The van der Waals surface area contributed by atoms with Gasteiger partial charge in [0.1, 0.15) is 5.75 Å². The fraction of sp³-hybridized carbons (Fsp3) is 0.500. The first-order valence-corrected chi connectivity index (χ1v) is 6.26. The maximum absolute atomic E-state index is 12.1. The van der Waals surface area contributed by atoms with Crippen molar-refractivity contribution in [3.8, 4) is 5.75 Å². The van der Waals surface area contributed by atoms with Crippen molar-refractivity contribution in [2.24, 2.45) is 5.41 Å². The molecule has 1 amide bonds. The lowest BCUT2D eigenvalue weighted by atomic mass is 10.1. The van der Waals surface area contributed by atoms with Crippen LogP contribution in [0.2, 0.25) is 0 Å². The molecule has 98 valence electrons. The van der Waals surface area contributed by atoms with Crippen LogP contribution in [-0.2, 0) is 0 Å². The van der Waals surface area contributed by atoms with E-state index in [0.29, 0.717) is 23.6 Å². The van der Waals surface area contributed by atoms with Gasteiger partial charge in [-0.3, -0.25) is 4.79 Å². The molecule has 1 aliphatic rings. The van der Waals surface area contributed by atoms with Crippen LogP contribution in [-0.4, -0.2) is 18.6 Å². The van der Waals surface area contributed by atoms with Crippen molar-refractivity contribution in [2.45, 2.75) is 33.2 Å². The Morgan fingerprint density at radius 3 is 2.72 bits per heavy atom. The number of nitrogens with one attached hydrogen (secondary N) is 1. The van der Waals surface area contributed by atoms with Crippen molar-refractivity contribution in [1.29, 1.82) is 0 Å². The van der Waals surface area contributed by atoms with Gasteiger partial charge >= 0.3 is 0 Å². The van der Waals surface area contributed by atoms with Crippen LogP contribution in [0, 0.1) is 5.41 Å². The van der Waals surface area contributed by atoms with Gasteiger partial charge in [0.2, 0.25) is 0 Å². The average molecular weight is 248 g/mol. The number of carbonyl (C=O) groups is 1. The summed E-state index contributed by atoms with van der Waals surface area (Å²) < 4.78 is 5.38. The predicted molar refractivity (Wildman–Crippen MR) is 71.7 cm³/mol. The van der Waals surface area contributed by atoms with Gasteiger partial charge in [-0.15, -0.1) is 0 Å². The molecule has 1 saturated carbocycles. The van der Waals surface area contributed by atoms with Crippen LogP contribution >= 0.6 is 0 Å². The summed E-state index contributed by atoms with van der Waals surface area (Å²) in [6, 6.07) is 5.39. The second kappa shape index (κ2) is 4.52. The van der Waals surface area contributed by atoms with Crippen LogP contribution in [0.25, 0.3) is 0 Å². The fourth-order valence-electron chi connectivity index (χ4n) is 1.96. The maximum atomic E-state index is 12.1. The number of hydrogen-bond donors (Lipinski definition) is 2. The molecule has 0 saturated heterocycles. The van der Waals surface area contributed by atoms with Crippen molar-refractivity contribution in [3.05, 3.63) is 23.8 Å². The van der Waals surface area contributed by atoms with E-state index in [2.05, 4.69) is 19.2 Å². The van der Waals surface area contributed by atoms with Gasteiger partial charge in [-0.25, -0.2) is 0 Å². The SMILES string of the molecule is CCOc1cc(N)cc(C(=O)NC2CC2(C)C)c1. The molecule has 0 aliphatic heterocycles. The Bertz CT molecular complexity index is 469. The van der Waals surface area contributed by atoms with E-state index in [0.717, 1.165) is 6.42 Å². The largest absolute Gasteiger partial charge is 0.494 e. The second-order valence-electron chi connectivity index (χ2n) is 5.44. The van der Waals surface area contributed by atoms with Gasteiger partial charge in [0.05, 0.1) is 6.61 Å². The van der Waals surface area contributed by atoms with Gasteiger partial charge in [0, 0.05) is 23.4 Å². The molecule has 1 unspecified atom stereocenters. The average Bonchev–Trinajstić information content (AvgIpc) is 2.85. The summed E-state index contributed by atoms with van der Waals surface area (Å²) in [6.45, 7) is 6.74. The lowest BCUT2D eigenvalue weighted by molar-refractivity contribution is 0.0946. The summed E-state index contributed by atoms with van der Waals surface area (Å²) in [5.74, 6) is 0.552. The standard InChI is InChI=1S/C14H20N2O2/c1-4-18-11-6-9(5-10(15)7-11)13(17)16-12-8-14(12,2)3/h5-7,12H,4,8,15H2,1-3H3,(H,16,17). The smallest absolute Gasteiger partial charge is 0.251 e. The van der Waals surface area contributed by atoms with Crippen molar-refractivity contribution in [1.82, 2.24) is 5.32 Å². The van der Waals surface area contributed by atoms with Crippen molar-refractivity contribution in [2.75, 3.05) is 12.3 Å². The van der Waals surface area contributed by atoms with Crippen LogP contribution < -0.4 is 15.8 Å². The first-order chi connectivity index (χ1) is 8.42. The molecule has 0 aromatic heterocycles.